The molecule has 0 aliphatic heterocycles. The van der Waals surface area contributed by atoms with Gasteiger partial charge in [-0.1, -0.05) is 0 Å². The van der Waals surface area contributed by atoms with Gasteiger partial charge in [-0.25, -0.2) is 0 Å². The minimum atomic E-state index is 0. The molecule has 4 heteroatoms. The molecule has 0 bridgehead atoms. The van der Waals surface area contributed by atoms with Crippen LogP contribution in [0.4, 0.5) is 0 Å². The molecule has 0 spiro atoms. The Morgan fingerprint density at radius 2 is 0.500 bits per heavy atom. The van der Waals surface area contributed by atoms with Gasteiger partial charge >= 0.3 is 34.7 Å². The minimum absolute atomic E-state index is 0. The molecular formula is H2Cr2O2+4. The van der Waals surface area contributed by atoms with Crippen LogP contribution in [0.5, 0.6) is 0 Å². The Hall–Kier alpha value is 0.985. The zero-order chi connectivity index (χ0) is 0. The van der Waals surface area contributed by atoms with Crippen LogP contribution in [-0.2, 0) is 34.7 Å². The summed E-state index contributed by atoms with van der Waals surface area (Å²) in [6.07, 6.45) is 0. The van der Waals surface area contributed by atoms with Crippen LogP contribution in [-0.4, -0.2) is 11.0 Å². The van der Waals surface area contributed by atoms with E-state index in [9.17, 15) is 0 Å². The minimum Gasteiger partial charge on any atom is -0.870 e. The van der Waals surface area contributed by atoms with E-state index in [0.29, 0.717) is 0 Å². The third-order valence-corrected chi connectivity index (χ3v) is 0. The van der Waals surface area contributed by atoms with E-state index >= 15 is 0 Å². The van der Waals surface area contributed by atoms with Crippen molar-refractivity contribution in [2.45, 2.75) is 0 Å². The SMILES string of the molecule is [Cr+3].[Cr+3].[OH-].[OH-]. The Bertz CT molecular complexity index is 4.00. The van der Waals surface area contributed by atoms with Gasteiger partial charge in [0.05, 0.1) is 0 Å². The summed E-state index contributed by atoms with van der Waals surface area (Å²) in [7, 11) is 0. The van der Waals surface area contributed by atoms with Crippen LogP contribution < -0.4 is 0 Å². The van der Waals surface area contributed by atoms with Gasteiger partial charge in [0, 0.05) is 0 Å². The summed E-state index contributed by atoms with van der Waals surface area (Å²) in [4.78, 5) is 0. The Morgan fingerprint density at radius 3 is 0.500 bits per heavy atom. The smallest absolute Gasteiger partial charge is 0.870 e. The van der Waals surface area contributed by atoms with E-state index in [2.05, 4.69) is 0 Å². The molecule has 0 aliphatic rings. The van der Waals surface area contributed by atoms with E-state index < -0.39 is 0 Å². The van der Waals surface area contributed by atoms with E-state index in [0.717, 1.165) is 0 Å². The summed E-state index contributed by atoms with van der Waals surface area (Å²) in [5.74, 6) is 0. The third kappa shape index (κ3) is 12.1. The predicted molar refractivity (Wildman–Crippen MR) is 3.87 cm³/mol. The van der Waals surface area contributed by atoms with Crippen molar-refractivity contribution in [1.82, 2.24) is 0 Å². The van der Waals surface area contributed by atoms with E-state index in [4.69, 9.17) is 0 Å². The molecule has 0 aliphatic carbocycles. The molecule has 0 saturated carbocycles. The van der Waals surface area contributed by atoms with E-state index in [-0.39, 0.29) is 45.7 Å². The van der Waals surface area contributed by atoms with Crippen LogP contribution in [0, 0.1) is 0 Å². The Kier molecular flexibility index (Phi) is 747. The van der Waals surface area contributed by atoms with Crippen LogP contribution in [0.15, 0.2) is 0 Å². The average molecular weight is 138 g/mol. The first kappa shape index (κ1) is 81.6. The molecule has 4 heavy (non-hydrogen) atoms. The van der Waals surface area contributed by atoms with E-state index in [1.165, 1.54) is 0 Å². The van der Waals surface area contributed by atoms with Gasteiger partial charge in [-0.05, 0) is 0 Å². The summed E-state index contributed by atoms with van der Waals surface area (Å²) >= 11 is 0. The third-order valence-electron chi connectivity index (χ3n) is 0. The first-order valence-electron chi connectivity index (χ1n) is 0. The summed E-state index contributed by atoms with van der Waals surface area (Å²) < 4.78 is 0. The molecular weight excluding hydrogens is 136 g/mol. The first-order valence-corrected chi connectivity index (χ1v) is 0. The van der Waals surface area contributed by atoms with Crippen LogP contribution in [0.1, 0.15) is 0 Å². The van der Waals surface area contributed by atoms with Gasteiger partial charge in [0.1, 0.15) is 0 Å². The van der Waals surface area contributed by atoms with E-state index in [1.807, 2.05) is 0 Å². The van der Waals surface area contributed by atoms with Gasteiger partial charge in [0.2, 0.25) is 0 Å². The molecule has 0 aromatic heterocycles. The fraction of sp³-hybridized carbons (Fsp3) is 0. The summed E-state index contributed by atoms with van der Waals surface area (Å²) in [5, 5.41) is 0. The zero-order valence-corrected chi connectivity index (χ0v) is 4.26. The van der Waals surface area contributed by atoms with Crippen molar-refractivity contribution >= 4 is 0 Å². The molecule has 0 aromatic rings. The molecule has 22 valence electrons. The van der Waals surface area contributed by atoms with Gasteiger partial charge in [-0.15, -0.1) is 0 Å². The Balaban J connectivity index is 0. The van der Waals surface area contributed by atoms with Gasteiger partial charge in [-0.3, -0.25) is 0 Å². The Labute approximate surface area is 46.1 Å². The molecule has 2 N–H and O–H groups in total. The monoisotopic (exact) mass is 138 g/mol. The average Bonchev–Trinajstić information content (AvgIpc) is 0. The van der Waals surface area contributed by atoms with Crippen molar-refractivity contribution in [2.75, 3.05) is 0 Å². The van der Waals surface area contributed by atoms with Gasteiger partial charge in [-0.2, -0.15) is 0 Å². The number of hydrogen-bond acceptors (Lipinski definition) is 2. The predicted octanol–water partition coefficient (Wildman–Crippen LogP) is -0.359. The summed E-state index contributed by atoms with van der Waals surface area (Å²) in [5.41, 5.74) is 0. The molecule has 0 amide bonds. The van der Waals surface area contributed by atoms with Crippen molar-refractivity contribution in [2.24, 2.45) is 0 Å². The van der Waals surface area contributed by atoms with Crippen LogP contribution in [0.25, 0.3) is 0 Å². The van der Waals surface area contributed by atoms with Crippen molar-refractivity contribution in [3.05, 3.63) is 0 Å². The maximum absolute atomic E-state index is 0. The maximum Gasteiger partial charge on any atom is 3.00 e. The van der Waals surface area contributed by atoms with Crippen LogP contribution >= 0.6 is 0 Å². The largest absolute Gasteiger partial charge is 3.00 e. The van der Waals surface area contributed by atoms with Crippen molar-refractivity contribution in [3.63, 3.8) is 0 Å². The molecule has 0 heterocycles. The van der Waals surface area contributed by atoms with Gasteiger partial charge in [0.25, 0.3) is 0 Å². The zero-order valence-electron chi connectivity index (χ0n) is 1.71. The summed E-state index contributed by atoms with van der Waals surface area (Å²) in [6.45, 7) is 0. The molecule has 0 saturated heterocycles. The van der Waals surface area contributed by atoms with Gasteiger partial charge < -0.3 is 11.0 Å². The van der Waals surface area contributed by atoms with Crippen LogP contribution in [0.3, 0.4) is 0 Å². The fourth-order valence-electron chi connectivity index (χ4n) is 0. The topological polar surface area (TPSA) is 60.0 Å². The molecule has 0 unspecified atom stereocenters. The number of rotatable bonds is 0. The van der Waals surface area contributed by atoms with Crippen molar-refractivity contribution < 1.29 is 45.7 Å². The fourth-order valence-corrected chi connectivity index (χ4v) is 0. The second kappa shape index (κ2) is 36.6. The maximum atomic E-state index is 0. The molecule has 2 nitrogen and oxygen atoms in total. The standard InChI is InChI=1S/2Cr.2H2O/h;;2*1H2/q2*+3;;/p-2. The quantitative estimate of drug-likeness (QED) is 0.458. The molecule has 0 atom stereocenters. The summed E-state index contributed by atoms with van der Waals surface area (Å²) in [6, 6.07) is 0. The van der Waals surface area contributed by atoms with Crippen molar-refractivity contribution in [3.8, 4) is 0 Å². The molecule has 2 radical (unpaired) electrons. The first-order chi connectivity index (χ1) is 0. The second-order valence-electron chi connectivity index (χ2n) is 0. The van der Waals surface area contributed by atoms with Crippen LogP contribution in [0.2, 0.25) is 0 Å². The van der Waals surface area contributed by atoms with Gasteiger partial charge in [0.15, 0.2) is 0 Å². The number of hydrogen-bond donors (Lipinski definition) is 0. The van der Waals surface area contributed by atoms with E-state index in [1.54, 1.807) is 0 Å². The normalized spacial score (nSPS) is 0. The molecule has 0 fully saturated rings. The molecule has 0 rings (SSSR count). The molecule has 0 aromatic carbocycles. The van der Waals surface area contributed by atoms with Crippen molar-refractivity contribution in [1.29, 1.82) is 0 Å². The second-order valence-corrected chi connectivity index (χ2v) is 0. The Morgan fingerprint density at radius 1 is 0.500 bits per heavy atom.